The highest BCUT2D eigenvalue weighted by Crippen LogP contribution is 2.22. The van der Waals surface area contributed by atoms with Crippen molar-refractivity contribution in [3.63, 3.8) is 0 Å². The molecule has 1 rings (SSSR count). The molecule has 0 atom stereocenters. The van der Waals surface area contributed by atoms with Crippen molar-refractivity contribution in [2.24, 2.45) is 0 Å². The molecule has 0 aliphatic heterocycles. The highest BCUT2D eigenvalue weighted by Gasteiger charge is 2.19. The molecule has 14 heavy (non-hydrogen) atoms. The maximum absolute atomic E-state index is 9.96. The molecule has 0 fully saturated rings. The van der Waals surface area contributed by atoms with Crippen LogP contribution in [0.1, 0.15) is 32.2 Å². The van der Waals surface area contributed by atoms with Gasteiger partial charge in [0.1, 0.15) is 0 Å². The molecular weight excluding hydrogens is 180 g/mol. The minimum atomic E-state index is 0.0486. The van der Waals surface area contributed by atoms with E-state index in [-0.39, 0.29) is 5.41 Å². The van der Waals surface area contributed by atoms with Gasteiger partial charge in [0.15, 0.2) is 0 Å². The van der Waals surface area contributed by atoms with Crippen LogP contribution >= 0.6 is 0 Å². The molecule has 0 aliphatic rings. The minimum Gasteiger partial charge on any atom is -0.467 e. The van der Waals surface area contributed by atoms with Crippen molar-refractivity contribution in [3.8, 4) is 0 Å². The molecule has 4 heteroatoms. The summed E-state index contributed by atoms with van der Waals surface area (Å²) in [5.41, 5.74) is 2.12. The standard InChI is InChI=1S/C10H16N2O2/c1-10(2,3)9-8(11-6-12-9)4-5-14-7-13/h6-7H,4-5H2,1-3H3,(H,11,12). The van der Waals surface area contributed by atoms with Gasteiger partial charge in [0.2, 0.25) is 0 Å². The van der Waals surface area contributed by atoms with Crippen molar-refractivity contribution >= 4 is 6.47 Å². The molecule has 4 nitrogen and oxygen atoms in total. The number of aromatic amines is 1. The van der Waals surface area contributed by atoms with E-state index in [0.717, 1.165) is 11.4 Å². The summed E-state index contributed by atoms with van der Waals surface area (Å²) in [5.74, 6) is 0. The van der Waals surface area contributed by atoms with Gasteiger partial charge in [-0.25, -0.2) is 4.98 Å². The van der Waals surface area contributed by atoms with Crippen molar-refractivity contribution in [2.75, 3.05) is 6.61 Å². The fraction of sp³-hybridized carbons (Fsp3) is 0.600. The van der Waals surface area contributed by atoms with Gasteiger partial charge in [0.25, 0.3) is 6.47 Å². The van der Waals surface area contributed by atoms with Crippen LogP contribution in [0, 0.1) is 0 Å². The third-order valence-electron chi connectivity index (χ3n) is 1.99. The second kappa shape index (κ2) is 4.26. The highest BCUT2D eigenvalue weighted by molar-refractivity contribution is 5.37. The summed E-state index contributed by atoms with van der Waals surface area (Å²) < 4.78 is 4.64. The Hall–Kier alpha value is -1.32. The predicted octanol–water partition coefficient (Wildman–Crippen LogP) is 1.42. The van der Waals surface area contributed by atoms with Gasteiger partial charge in [-0.2, -0.15) is 0 Å². The van der Waals surface area contributed by atoms with Crippen LogP contribution in [0.2, 0.25) is 0 Å². The smallest absolute Gasteiger partial charge is 0.293 e. The van der Waals surface area contributed by atoms with E-state index in [1.54, 1.807) is 6.33 Å². The Labute approximate surface area is 83.7 Å². The first-order valence-corrected chi connectivity index (χ1v) is 4.63. The zero-order valence-electron chi connectivity index (χ0n) is 8.83. The molecule has 0 amide bonds. The number of carbonyl (C=O) groups is 1. The van der Waals surface area contributed by atoms with E-state index in [1.807, 2.05) is 0 Å². The SMILES string of the molecule is CC(C)(C)c1[nH]cnc1CCOC=O. The monoisotopic (exact) mass is 196 g/mol. The quantitative estimate of drug-likeness (QED) is 0.585. The van der Waals surface area contributed by atoms with Gasteiger partial charge in [0, 0.05) is 17.5 Å². The van der Waals surface area contributed by atoms with E-state index in [0.29, 0.717) is 19.5 Å². The van der Waals surface area contributed by atoms with Gasteiger partial charge in [-0.3, -0.25) is 4.79 Å². The third-order valence-corrected chi connectivity index (χ3v) is 1.99. The number of nitrogens with one attached hydrogen (secondary N) is 1. The Morgan fingerprint density at radius 1 is 1.57 bits per heavy atom. The molecule has 0 bridgehead atoms. The van der Waals surface area contributed by atoms with Crippen LogP contribution in [0.3, 0.4) is 0 Å². The number of rotatable bonds is 4. The Balaban J connectivity index is 2.68. The van der Waals surface area contributed by atoms with Crippen molar-refractivity contribution in [1.29, 1.82) is 0 Å². The first kappa shape index (κ1) is 10.8. The Morgan fingerprint density at radius 2 is 2.29 bits per heavy atom. The normalized spacial score (nSPS) is 11.4. The second-order valence-corrected chi connectivity index (χ2v) is 4.19. The van der Waals surface area contributed by atoms with Gasteiger partial charge in [-0.1, -0.05) is 20.8 Å². The molecule has 0 unspecified atom stereocenters. The predicted molar refractivity (Wildman–Crippen MR) is 53.0 cm³/mol. The molecular formula is C10H16N2O2. The molecule has 0 aliphatic carbocycles. The molecule has 0 aromatic carbocycles. The molecule has 78 valence electrons. The van der Waals surface area contributed by atoms with E-state index >= 15 is 0 Å². The fourth-order valence-electron chi connectivity index (χ4n) is 1.37. The molecule has 1 heterocycles. The van der Waals surface area contributed by atoms with E-state index in [9.17, 15) is 4.79 Å². The summed E-state index contributed by atoms with van der Waals surface area (Å²) in [6.07, 6.45) is 2.34. The van der Waals surface area contributed by atoms with Crippen molar-refractivity contribution in [1.82, 2.24) is 9.97 Å². The maximum Gasteiger partial charge on any atom is 0.293 e. The lowest BCUT2D eigenvalue weighted by Crippen LogP contribution is -2.15. The van der Waals surface area contributed by atoms with Gasteiger partial charge in [-0.15, -0.1) is 0 Å². The largest absolute Gasteiger partial charge is 0.467 e. The molecule has 1 N–H and O–H groups in total. The summed E-state index contributed by atoms with van der Waals surface area (Å²) in [6.45, 7) is 7.20. The van der Waals surface area contributed by atoms with E-state index in [4.69, 9.17) is 0 Å². The second-order valence-electron chi connectivity index (χ2n) is 4.19. The molecule has 0 spiro atoms. The van der Waals surface area contributed by atoms with Crippen LogP contribution in [-0.4, -0.2) is 23.0 Å². The Bertz CT molecular complexity index is 299. The summed E-state index contributed by atoms with van der Waals surface area (Å²) >= 11 is 0. The van der Waals surface area contributed by atoms with Crippen molar-refractivity contribution in [3.05, 3.63) is 17.7 Å². The first-order chi connectivity index (χ1) is 6.55. The molecule has 0 radical (unpaired) electrons. The average molecular weight is 196 g/mol. The topological polar surface area (TPSA) is 55.0 Å². The Kier molecular flexibility index (Phi) is 3.28. The highest BCUT2D eigenvalue weighted by atomic mass is 16.5. The van der Waals surface area contributed by atoms with Gasteiger partial charge in [-0.05, 0) is 0 Å². The van der Waals surface area contributed by atoms with E-state index in [2.05, 4.69) is 35.5 Å². The van der Waals surface area contributed by atoms with Crippen LogP contribution in [0.4, 0.5) is 0 Å². The van der Waals surface area contributed by atoms with Gasteiger partial charge < -0.3 is 9.72 Å². The van der Waals surface area contributed by atoms with Crippen LogP contribution in [-0.2, 0) is 21.4 Å². The number of H-pyrrole nitrogens is 1. The average Bonchev–Trinajstić information content (AvgIpc) is 2.52. The molecule has 0 saturated carbocycles. The lowest BCUT2D eigenvalue weighted by molar-refractivity contribution is -0.128. The van der Waals surface area contributed by atoms with Crippen molar-refractivity contribution in [2.45, 2.75) is 32.6 Å². The Morgan fingerprint density at radius 3 is 2.86 bits per heavy atom. The number of hydrogen-bond donors (Lipinski definition) is 1. The zero-order chi connectivity index (χ0) is 10.6. The number of nitrogens with zero attached hydrogens (tertiary/aromatic N) is 1. The van der Waals surface area contributed by atoms with Crippen molar-refractivity contribution < 1.29 is 9.53 Å². The molecule has 0 saturated heterocycles. The van der Waals surface area contributed by atoms with Crippen LogP contribution in [0.15, 0.2) is 6.33 Å². The van der Waals surface area contributed by atoms with E-state index in [1.165, 1.54) is 0 Å². The van der Waals surface area contributed by atoms with Crippen LogP contribution in [0.5, 0.6) is 0 Å². The summed E-state index contributed by atoms with van der Waals surface area (Å²) in [5, 5.41) is 0. The van der Waals surface area contributed by atoms with Crippen LogP contribution < -0.4 is 0 Å². The maximum atomic E-state index is 9.96. The number of imidazole rings is 1. The lowest BCUT2D eigenvalue weighted by Gasteiger charge is -2.17. The lowest BCUT2D eigenvalue weighted by atomic mass is 9.90. The number of carbonyl (C=O) groups excluding carboxylic acids is 1. The first-order valence-electron chi connectivity index (χ1n) is 4.63. The molecule has 1 aromatic rings. The van der Waals surface area contributed by atoms with Gasteiger partial charge >= 0.3 is 0 Å². The third kappa shape index (κ3) is 2.58. The number of ether oxygens (including phenoxy) is 1. The minimum absolute atomic E-state index is 0.0486. The summed E-state index contributed by atoms with van der Waals surface area (Å²) in [4.78, 5) is 17.3. The van der Waals surface area contributed by atoms with Gasteiger partial charge in [0.05, 0.1) is 18.6 Å². The summed E-state index contributed by atoms with van der Waals surface area (Å²) in [7, 11) is 0. The number of aromatic nitrogens is 2. The zero-order valence-corrected chi connectivity index (χ0v) is 8.83. The number of hydrogen-bond acceptors (Lipinski definition) is 3. The van der Waals surface area contributed by atoms with E-state index < -0.39 is 0 Å². The summed E-state index contributed by atoms with van der Waals surface area (Å²) in [6, 6.07) is 0. The fourth-order valence-corrected chi connectivity index (χ4v) is 1.37. The molecule has 1 aromatic heterocycles. The van der Waals surface area contributed by atoms with Crippen LogP contribution in [0.25, 0.3) is 0 Å².